The largest absolute Gasteiger partial charge is 0.491 e. The maximum Gasteiger partial charge on any atom is 0.319 e. The van der Waals surface area contributed by atoms with Gasteiger partial charge in [-0.05, 0) is 37.6 Å². The molecule has 0 aliphatic heterocycles. The van der Waals surface area contributed by atoms with Crippen molar-refractivity contribution in [3.8, 4) is 5.75 Å². The van der Waals surface area contributed by atoms with Crippen LogP contribution >= 0.6 is 0 Å². The molecule has 2 rings (SSSR count). The normalized spacial score (nSPS) is 11.3. The zero-order chi connectivity index (χ0) is 18.1. The van der Waals surface area contributed by atoms with Crippen LogP contribution in [0.4, 0.5) is 16.2 Å². The summed E-state index contributed by atoms with van der Waals surface area (Å²) in [4.78, 5) is 27.6. The van der Waals surface area contributed by atoms with E-state index in [0.717, 1.165) is 6.42 Å². The molecule has 0 saturated carbocycles. The molecule has 7 nitrogen and oxygen atoms in total. The zero-order valence-electron chi connectivity index (χ0n) is 14.3. The number of aromatic nitrogens is 1. The average Bonchev–Trinajstić information content (AvgIpc) is 2.61. The lowest BCUT2D eigenvalue weighted by atomic mass is 10.3. The van der Waals surface area contributed by atoms with Crippen molar-refractivity contribution < 1.29 is 14.3 Å². The van der Waals surface area contributed by atoms with Crippen LogP contribution in [0.15, 0.2) is 48.8 Å². The minimum Gasteiger partial charge on any atom is -0.491 e. The van der Waals surface area contributed by atoms with Crippen molar-refractivity contribution in [2.75, 3.05) is 17.2 Å². The third-order valence-corrected chi connectivity index (χ3v) is 3.36. The molecule has 2 aromatic rings. The van der Waals surface area contributed by atoms with Gasteiger partial charge in [-0.25, -0.2) is 4.79 Å². The van der Waals surface area contributed by atoms with E-state index in [2.05, 4.69) is 20.9 Å². The van der Waals surface area contributed by atoms with Crippen LogP contribution in [0.25, 0.3) is 0 Å². The van der Waals surface area contributed by atoms with Crippen molar-refractivity contribution in [3.63, 3.8) is 0 Å². The van der Waals surface area contributed by atoms with Gasteiger partial charge in [-0.3, -0.25) is 9.78 Å². The van der Waals surface area contributed by atoms with Crippen LogP contribution in [0.3, 0.4) is 0 Å². The monoisotopic (exact) mass is 342 g/mol. The molecule has 0 radical (unpaired) electrons. The van der Waals surface area contributed by atoms with Gasteiger partial charge in [0, 0.05) is 18.0 Å². The highest BCUT2D eigenvalue weighted by atomic mass is 16.5. The van der Waals surface area contributed by atoms with E-state index in [4.69, 9.17) is 4.74 Å². The molecule has 0 aliphatic rings. The molecule has 0 saturated heterocycles. The topological polar surface area (TPSA) is 92.4 Å². The number of carbonyl (C=O) groups is 2. The van der Waals surface area contributed by atoms with E-state index >= 15 is 0 Å². The Hall–Kier alpha value is -3.09. The second-order valence-corrected chi connectivity index (χ2v) is 5.46. The van der Waals surface area contributed by atoms with E-state index < -0.39 is 6.03 Å². The maximum absolute atomic E-state index is 11.9. The summed E-state index contributed by atoms with van der Waals surface area (Å²) >= 11 is 0. The predicted molar refractivity (Wildman–Crippen MR) is 96.7 cm³/mol. The maximum atomic E-state index is 11.9. The van der Waals surface area contributed by atoms with E-state index in [0.29, 0.717) is 17.1 Å². The highest BCUT2D eigenvalue weighted by Gasteiger charge is 2.07. The molecule has 0 unspecified atom stereocenters. The lowest BCUT2D eigenvalue weighted by molar-refractivity contribution is -0.115. The molecule has 25 heavy (non-hydrogen) atoms. The number of urea groups is 1. The van der Waals surface area contributed by atoms with Crippen molar-refractivity contribution in [1.82, 2.24) is 10.3 Å². The first-order valence-corrected chi connectivity index (χ1v) is 8.08. The van der Waals surface area contributed by atoms with Gasteiger partial charge in [-0.1, -0.05) is 13.0 Å². The number of nitrogens with zero attached hydrogens (tertiary/aromatic N) is 1. The Bertz CT molecular complexity index is 706. The number of pyridine rings is 1. The highest BCUT2D eigenvalue weighted by Crippen LogP contribution is 2.19. The van der Waals surface area contributed by atoms with Crippen LogP contribution in [0, 0.1) is 0 Å². The van der Waals surface area contributed by atoms with E-state index in [1.807, 2.05) is 19.9 Å². The van der Waals surface area contributed by atoms with E-state index in [1.54, 1.807) is 36.5 Å². The van der Waals surface area contributed by atoms with Crippen molar-refractivity contribution >= 4 is 23.3 Å². The fourth-order valence-electron chi connectivity index (χ4n) is 1.94. The van der Waals surface area contributed by atoms with E-state index in [-0.39, 0.29) is 18.6 Å². The zero-order valence-corrected chi connectivity index (χ0v) is 14.3. The van der Waals surface area contributed by atoms with Gasteiger partial charge in [0.2, 0.25) is 5.91 Å². The minimum absolute atomic E-state index is 0.0975. The SMILES string of the molecule is CC[C@H](C)Oc1cccc(NC(=O)NCC(=O)Nc2cccnc2)c1. The van der Waals surface area contributed by atoms with Gasteiger partial charge in [0.25, 0.3) is 0 Å². The lowest BCUT2D eigenvalue weighted by Crippen LogP contribution is -2.35. The smallest absolute Gasteiger partial charge is 0.319 e. The molecule has 132 valence electrons. The molecular formula is C18H22N4O3. The Morgan fingerprint density at radius 1 is 1.16 bits per heavy atom. The lowest BCUT2D eigenvalue weighted by Gasteiger charge is -2.14. The van der Waals surface area contributed by atoms with Gasteiger partial charge in [-0.2, -0.15) is 0 Å². The average molecular weight is 342 g/mol. The molecule has 1 aromatic carbocycles. The number of benzene rings is 1. The number of nitrogens with one attached hydrogen (secondary N) is 3. The molecule has 1 heterocycles. The second-order valence-electron chi connectivity index (χ2n) is 5.46. The van der Waals surface area contributed by atoms with Gasteiger partial charge in [0.1, 0.15) is 5.75 Å². The summed E-state index contributed by atoms with van der Waals surface area (Å²) < 4.78 is 5.71. The van der Waals surface area contributed by atoms with Crippen LogP contribution in [0.1, 0.15) is 20.3 Å². The number of carbonyl (C=O) groups excluding carboxylic acids is 2. The third-order valence-electron chi connectivity index (χ3n) is 3.36. The molecule has 1 atom stereocenters. The molecule has 0 aliphatic carbocycles. The number of ether oxygens (including phenoxy) is 1. The van der Waals surface area contributed by atoms with Crippen LogP contribution in [-0.2, 0) is 4.79 Å². The van der Waals surface area contributed by atoms with Gasteiger partial charge in [-0.15, -0.1) is 0 Å². The first-order chi connectivity index (χ1) is 12.1. The van der Waals surface area contributed by atoms with Crippen LogP contribution < -0.4 is 20.7 Å². The molecule has 7 heteroatoms. The third kappa shape index (κ3) is 6.50. The van der Waals surface area contributed by atoms with Crippen molar-refractivity contribution in [2.24, 2.45) is 0 Å². The van der Waals surface area contributed by atoms with Crippen LogP contribution in [0.5, 0.6) is 5.75 Å². The summed E-state index contributed by atoms with van der Waals surface area (Å²) in [5.41, 5.74) is 1.16. The van der Waals surface area contributed by atoms with Crippen LogP contribution in [-0.4, -0.2) is 29.6 Å². The molecule has 0 fully saturated rings. The minimum atomic E-state index is -0.470. The summed E-state index contributed by atoms with van der Waals surface area (Å²) in [5, 5.41) is 7.80. The summed E-state index contributed by atoms with van der Waals surface area (Å²) in [6, 6.07) is 10.1. The summed E-state index contributed by atoms with van der Waals surface area (Å²) in [5.74, 6) is 0.346. The van der Waals surface area contributed by atoms with Crippen molar-refractivity contribution in [2.45, 2.75) is 26.4 Å². The molecule has 1 aromatic heterocycles. The number of hydrogen-bond acceptors (Lipinski definition) is 4. The number of hydrogen-bond donors (Lipinski definition) is 3. The van der Waals surface area contributed by atoms with Crippen molar-refractivity contribution in [3.05, 3.63) is 48.8 Å². The van der Waals surface area contributed by atoms with Crippen molar-refractivity contribution in [1.29, 1.82) is 0 Å². The Morgan fingerprint density at radius 2 is 1.96 bits per heavy atom. The summed E-state index contributed by atoms with van der Waals surface area (Å²) in [6.07, 6.45) is 4.13. The molecule has 3 amide bonds. The summed E-state index contributed by atoms with van der Waals surface area (Å²) in [7, 11) is 0. The van der Waals surface area contributed by atoms with Gasteiger partial charge in [0.15, 0.2) is 0 Å². The molecule has 3 N–H and O–H groups in total. The van der Waals surface area contributed by atoms with Gasteiger partial charge >= 0.3 is 6.03 Å². The fraction of sp³-hybridized carbons (Fsp3) is 0.278. The molecule has 0 spiro atoms. The first-order valence-electron chi connectivity index (χ1n) is 8.08. The van der Waals surface area contributed by atoms with E-state index in [9.17, 15) is 9.59 Å². The Kier molecular flexibility index (Phi) is 6.76. The second kappa shape index (κ2) is 9.27. The standard InChI is InChI=1S/C18H22N4O3/c1-3-13(2)25-16-8-4-6-14(10-16)22-18(24)20-12-17(23)21-15-7-5-9-19-11-15/h4-11,13H,3,12H2,1-2H3,(H,21,23)(H2,20,22,24)/t13-/m0/s1. The number of rotatable bonds is 7. The van der Waals surface area contributed by atoms with E-state index in [1.165, 1.54) is 6.20 Å². The molecular weight excluding hydrogens is 320 g/mol. The number of amides is 3. The summed E-state index contributed by atoms with van der Waals surface area (Å²) in [6.45, 7) is 3.87. The highest BCUT2D eigenvalue weighted by molar-refractivity contribution is 5.96. The van der Waals surface area contributed by atoms with Gasteiger partial charge < -0.3 is 20.7 Å². The Morgan fingerprint density at radius 3 is 2.68 bits per heavy atom. The first kappa shape index (κ1) is 18.3. The molecule has 0 bridgehead atoms. The quantitative estimate of drug-likeness (QED) is 0.721. The fourth-order valence-corrected chi connectivity index (χ4v) is 1.94. The predicted octanol–water partition coefficient (Wildman–Crippen LogP) is 3.02. The van der Waals surface area contributed by atoms with Crippen LogP contribution in [0.2, 0.25) is 0 Å². The number of anilines is 2. The Labute approximate surface area is 146 Å². The van der Waals surface area contributed by atoms with Gasteiger partial charge in [0.05, 0.1) is 24.5 Å². The Balaban J connectivity index is 1.80.